The SMILES string of the molecule is CC(CNC(=O)c1csc2c1C1CCC(C2)O1)NC(=O)c1c(F)cccc1C(F)(F)F. The van der Waals surface area contributed by atoms with Crippen LogP contribution >= 0.6 is 11.3 Å². The summed E-state index contributed by atoms with van der Waals surface area (Å²) in [6.45, 7) is 1.49. The van der Waals surface area contributed by atoms with Gasteiger partial charge in [0, 0.05) is 34.8 Å². The molecule has 0 radical (unpaired) electrons. The van der Waals surface area contributed by atoms with Crippen molar-refractivity contribution >= 4 is 23.2 Å². The van der Waals surface area contributed by atoms with Gasteiger partial charge in [-0.25, -0.2) is 4.39 Å². The minimum absolute atomic E-state index is 0.0286. The number of rotatable bonds is 5. The minimum Gasteiger partial charge on any atom is -0.370 e. The maximum absolute atomic E-state index is 14.0. The predicted octanol–water partition coefficient (Wildman–Crippen LogP) is 4.23. The minimum atomic E-state index is -4.87. The highest BCUT2D eigenvalue weighted by Gasteiger charge is 2.38. The van der Waals surface area contributed by atoms with Crippen molar-refractivity contribution in [3.05, 3.63) is 56.5 Å². The second kappa shape index (κ2) is 8.23. The van der Waals surface area contributed by atoms with Gasteiger partial charge in [-0.15, -0.1) is 11.3 Å². The molecule has 0 aliphatic carbocycles. The third-order valence-electron chi connectivity index (χ3n) is 5.49. The fraction of sp³-hybridized carbons (Fsp3) is 0.429. The van der Waals surface area contributed by atoms with Crippen molar-refractivity contribution in [2.45, 2.75) is 50.6 Å². The van der Waals surface area contributed by atoms with E-state index in [9.17, 15) is 27.2 Å². The van der Waals surface area contributed by atoms with Gasteiger partial charge >= 0.3 is 6.18 Å². The van der Waals surface area contributed by atoms with Gasteiger partial charge in [0.2, 0.25) is 0 Å². The molecule has 1 aromatic carbocycles. The summed E-state index contributed by atoms with van der Waals surface area (Å²) in [5.41, 5.74) is -0.972. The maximum atomic E-state index is 14.0. The lowest BCUT2D eigenvalue weighted by Crippen LogP contribution is -2.42. The van der Waals surface area contributed by atoms with Gasteiger partial charge in [0.25, 0.3) is 11.8 Å². The molecule has 4 rings (SSSR count). The van der Waals surface area contributed by atoms with E-state index in [-0.39, 0.29) is 24.7 Å². The standard InChI is InChI=1S/C21H20F4N2O3S/c1-10(27-20(29)18-13(21(23,24)25)3-2-4-14(18)22)8-26-19(28)12-9-31-16-7-11-5-6-15(30-11)17(12)16/h2-4,9-11,15H,5-8H2,1H3,(H,26,28)(H,27,29). The van der Waals surface area contributed by atoms with E-state index in [1.165, 1.54) is 18.3 Å². The molecule has 3 heterocycles. The normalized spacial score (nSPS) is 20.8. The van der Waals surface area contributed by atoms with Gasteiger partial charge in [-0.1, -0.05) is 6.07 Å². The van der Waals surface area contributed by atoms with Gasteiger partial charge in [-0.2, -0.15) is 13.2 Å². The van der Waals surface area contributed by atoms with Crippen LogP contribution in [0.2, 0.25) is 0 Å². The van der Waals surface area contributed by atoms with Gasteiger partial charge in [-0.05, 0) is 31.9 Å². The van der Waals surface area contributed by atoms with Crippen LogP contribution in [-0.2, 0) is 17.3 Å². The molecule has 2 amide bonds. The monoisotopic (exact) mass is 456 g/mol. The molecule has 1 fully saturated rings. The zero-order valence-electron chi connectivity index (χ0n) is 16.5. The smallest absolute Gasteiger partial charge is 0.370 e. The number of ether oxygens (including phenoxy) is 1. The van der Waals surface area contributed by atoms with Crippen LogP contribution in [0.25, 0.3) is 0 Å². The number of fused-ring (bicyclic) bond motifs is 4. The van der Waals surface area contributed by atoms with Crippen LogP contribution in [0.15, 0.2) is 23.6 Å². The van der Waals surface area contributed by atoms with Crippen LogP contribution < -0.4 is 10.6 Å². The van der Waals surface area contributed by atoms with Gasteiger partial charge in [-0.3, -0.25) is 9.59 Å². The maximum Gasteiger partial charge on any atom is 0.417 e. The Hall–Kier alpha value is -2.46. The van der Waals surface area contributed by atoms with E-state index in [4.69, 9.17) is 4.74 Å². The molecule has 2 bridgehead atoms. The summed E-state index contributed by atoms with van der Waals surface area (Å²) in [5, 5.41) is 6.79. The molecule has 5 nitrogen and oxygen atoms in total. The van der Waals surface area contributed by atoms with E-state index in [1.807, 2.05) is 0 Å². The highest BCUT2D eigenvalue weighted by Crippen LogP contribution is 2.45. The van der Waals surface area contributed by atoms with Crippen LogP contribution in [-0.4, -0.2) is 30.5 Å². The molecule has 2 aliphatic rings. The van der Waals surface area contributed by atoms with Crippen molar-refractivity contribution in [3.63, 3.8) is 0 Å². The van der Waals surface area contributed by atoms with Crippen molar-refractivity contribution in [1.29, 1.82) is 0 Å². The van der Waals surface area contributed by atoms with Gasteiger partial charge < -0.3 is 15.4 Å². The summed E-state index contributed by atoms with van der Waals surface area (Å²) in [5.74, 6) is -2.79. The van der Waals surface area contributed by atoms with Gasteiger partial charge in [0.15, 0.2) is 0 Å². The number of nitrogens with one attached hydrogen (secondary N) is 2. The molecule has 2 N–H and O–H groups in total. The van der Waals surface area contributed by atoms with E-state index in [0.717, 1.165) is 41.8 Å². The average molecular weight is 456 g/mol. The summed E-state index contributed by atoms with van der Waals surface area (Å²) in [6.07, 6.45) is -2.12. The molecule has 2 aliphatic heterocycles. The Morgan fingerprint density at radius 3 is 2.77 bits per heavy atom. The number of hydrogen-bond acceptors (Lipinski definition) is 4. The topological polar surface area (TPSA) is 67.4 Å². The molecular weight excluding hydrogens is 436 g/mol. The number of halogens is 4. The summed E-state index contributed by atoms with van der Waals surface area (Å²) in [7, 11) is 0. The van der Waals surface area contributed by atoms with Crippen molar-refractivity contribution in [3.8, 4) is 0 Å². The number of carbonyl (C=O) groups excluding carboxylic acids is 2. The second-order valence-electron chi connectivity index (χ2n) is 7.76. The van der Waals surface area contributed by atoms with Gasteiger partial charge in [0.05, 0.1) is 28.9 Å². The highest BCUT2D eigenvalue weighted by molar-refractivity contribution is 7.10. The van der Waals surface area contributed by atoms with Gasteiger partial charge in [0.1, 0.15) is 5.82 Å². The number of carbonyl (C=O) groups is 2. The summed E-state index contributed by atoms with van der Waals surface area (Å²) < 4.78 is 59.2. The third kappa shape index (κ3) is 4.31. The summed E-state index contributed by atoms with van der Waals surface area (Å²) in [4.78, 5) is 26.1. The Morgan fingerprint density at radius 1 is 1.26 bits per heavy atom. The van der Waals surface area contributed by atoms with E-state index >= 15 is 0 Å². The van der Waals surface area contributed by atoms with E-state index in [0.29, 0.717) is 11.6 Å². The number of thiophene rings is 1. The Balaban J connectivity index is 1.40. The Morgan fingerprint density at radius 2 is 2.03 bits per heavy atom. The number of benzene rings is 1. The fourth-order valence-electron chi connectivity index (χ4n) is 4.05. The fourth-order valence-corrected chi connectivity index (χ4v) is 5.19. The largest absolute Gasteiger partial charge is 0.417 e. The number of hydrogen-bond donors (Lipinski definition) is 2. The first-order valence-electron chi connectivity index (χ1n) is 9.85. The molecule has 0 saturated carbocycles. The molecule has 166 valence electrons. The average Bonchev–Trinajstić information content (AvgIpc) is 3.30. The first kappa shape index (κ1) is 21.8. The lowest BCUT2D eigenvalue weighted by atomic mass is 10.0. The third-order valence-corrected chi connectivity index (χ3v) is 6.51. The lowest BCUT2D eigenvalue weighted by Gasteiger charge is -2.22. The van der Waals surface area contributed by atoms with Crippen molar-refractivity contribution in [2.75, 3.05) is 6.54 Å². The first-order chi connectivity index (χ1) is 14.6. The number of amides is 2. The molecule has 31 heavy (non-hydrogen) atoms. The lowest BCUT2D eigenvalue weighted by molar-refractivity contribution is -0.138. The Kier molecular flexibility index (Phi) is 5.78. The first-order valence-corrected chi connectivity index (χ1v) is 10.7. The second-order valence-corrected chi connectivity index (χ2v) is 8.72. The van der Waals surface area contributed by atoms with E-state index < -0.39 is 35.1 Å². The van der Waals surface area contributed by atoms with Crippen LogP contribution in [0.4, 0.5) is 17.6 Å². The molecule has 3 atom stereocenters. The molecule has 10 heteroatoms. The molecule has 1 saturated heterocycles. The Labute approximate surface area is 179 Å². The zero-order chi connectivity index (χ0) is 22.3. The summed E-state index contributed by atoms with van der Waals surface area (Å²) in [6, 6.07) is 1.63. The molecular formula is C21H20F4N2O3S. The number of alkyl halides is 3. The zero-order valence-corrected chi connectivity index (χ0v) is 17.3. The van der Waals surface area contributed by atoms with Crippen molar-refractivity contribution in [2.24, 2.45) is 0 Å². The van der Waals surface area contributed by atoms with Crippen LogP contribution in [0.3, 0.4) is 0 Å². The highest BCUT2D eigenvalue weighted by atomic mass is 32.1. The molecule has 3 unspecified atom stereocenters. The van der Waals surface area contributed by atoms with Crippen LogP contribution in [0, 0.1) is 5.82 Å². The quantitative estimate of drug-likeness (QED) is 0.662. The molecule has 2 aromatic rings. The molecule has 1 aromatic heterocycles. The van der Waals surface area contributed by atoms with Crippen LogP contribution in [0.1, 0.15) is 62.6 Å². The van der Waals surface area contributed by atoms with Crippen LogP contribution in [0.5, 0.6) is 0 Å². The van der Waals surface area contributed by atoms with E-state index in [2.05, 4.69) is 10.6 Å². The van der Waals surface area contributed by atoms with E-state index in [1.54, 1.807) is 5.38 Å². The van der Waals surface area contributed by atoms with Crippen molar-refractivity contribution in [1.82, 2.24) is 10.6 Å². The van der Waals surface area contributed by atoms with Crippen molar-refractivity contribution < 1.29 is 31.9 Å². The molecule has 0 spiro atoms. The summed E-state index contributed by atoms with van der Waals surface area (Å²) >= 11 is 1.52. The Bertz CT molecular complexity index is 1020. The predicted molar refractivity (Wildman–Crippen MR) is 106 cm³/mol.